The molecule has 0 aromatic heterocycles. The maximum Gasteiger partial charge on any atom is 0.252 e. The smallest absolute Gasteiger partial charge is 0.252 e. The van der Waals surface area contributed by atoms with Gasteiger partial charge in [0.15, 0.2) is 0 Å². The average Bonchev–Trinajstić information content (AvgIpc) is 3.58. The Bertz CT molecular complexity index is 3450. The van der Waals surface area contributed by atoms with Crippen LogP contribution in [-0.4, -0.2) is 12.3 Å². The van der Waals surface area contributed by atoms with Gasteiger partial charge in [0.05, 0.1) is 11.2 Å². The molecule has 6 aliphatic rings. The van der Waals surface area contributed by atoms with Crippen molar-refractivity contribution < 1.29 is 0 Å². The van der Waals surface area contributed by atoms with E-state index in [4.69, 9.17) is 0 Å². The fourth-order valence-corrected chi connectivity index (χ4v) is 14.9. The number of anilines is 8. The maximum atomic E-state index is 3.37. The highest BCUT2D eigenvalue weighted by Crippen LogP contribution is 2.72. The SMILES string of the molecule is CC1CCC(C)(C)c2cc3c(cc21)N(c1ccc(C(C)(C)C)cc1C1=CC=C=C=C1)c1cc(N2c4ccc(C(C)(C)C)cc4C4(C)C(C)(C)CCC(C)(C)C24C)cc2c1B3c1ccccc1N2c1ccccc1. The molecular formula is C69H76BN3. The second kappa shape index (κ2) is 15.7. The second-order valence-electron chi connectivity index (χ2n) is 27.2. The Balaban J connectivity index is 1.25. The Kier molecular flexibility index (Phi) is 10.3. The van der Waals surface area contributed by atoms with E-state index in [0.29, 0.717) is 5.92 Å². The minimum absolute atomic E-state index is 0.00266. The van der Waals surface area contributed by atoms with Crippen LogP contribution in [0.25, 0.3) is 5.57 Å². The van der Waals surface area contributed by atoms with E-state index in [1.165, 1.54) is 115 Å². The van der Waals surface area contributed by atoms with Crippen LogP contribution in [0.3, 0.4) is 0 Å². The summed E-state index contributed by atoms with van der Waals surface area (Å²) in [4.78, 5) is 8.18. The largest absolute Gasteiger partial charge is 0.334 e. The van der Waals surface area contributed by atoms with E-state index in [1.807, 2.05) is 6.08 Å². The zero-order valence-corrected chi connectivity index (χ0v) is 46.5. The van der Waals surface area contributed by atoms with Crippen molar-refractivity contribution in [2.45, 2.75) is 163 Å². The summed E-state index contributed by atoms with van der Waals surface area (Å²) in [5, 5.41) is 0. The fourth-order valence-electron chi connectivity index (χ4n) is 14.9. The molecule has 6 aromatic carbocycles. The van der Waals surface area contributed by atoms with Crippen molar-refractivity contribution in [3.63, 3.8) is 0 Å². The predicted octanol–water partition coefficient (Wildman–Crippen LogP) is 16.8. The van der Waals surface area contributed by atoms with Crippen LogP contribution in [-0.2, 0) is 21.7 Å². The van der Waals surface area contributed by atoms with Crippen molar-refractivity contribution in [2.24, 2.45) is 10.8 Å². The summed E-state index contributed by atoms with van der Waals surface area (Å²) in [6.45, 7) is 37.1. The van der Waals surface area contributed by atoms with E-state index >= 15 is 0 Å². The Morgan fingerprint density at radius 1 is 0.548 bits per heavy atom. The van der Waals surface area contributed by atoms with Gasteiger partial charge in [-0.1, -0.05) is 169 Å². The molecule has 0 spiro atoms. The molecule has 4 heteroatoms. The lowest BCUT2D eigenvalue weighted by molar-refractivity contribution is -0.0415. The molecular weight excluding hydrogens is 882 g/mol. The van der Waals surface area contributed by atoms with Gasteiger partial charge in [0.1, 0.15) is 0 Å². The summed E-state index contributed by atoms with van der Waals surface area (Å²) in [5.74, 6) is 0.446. The van der Waals surface area contributed by atoms with Crippen molar-refractivity contribution in [1.82, 2.24) is 0 Å². The third kappa shape index (κ3) is 6.65. The summed E-state index contributed by atoms with van der Waals surface area (Å²) in [7, 11) is 0. The number of allylic oxidation sites excluding steroid dienone is 4. The van der Waals surface area contributed by atoms with Gasteiger partial charge in [-0.25, -0.2) is 0 Å². The zero-order chi connectivity index (χ0) is 51.6. The van der Waals surface area contributed by atoms with Gasteiger partial charge < -0.3 is 14.7 Å². The van der Waals surface area contributed by atoms with Gasteiger partial charge in [0.2, 0.25) is 0 Å². The lowest BCUT2D eigenvalue weighted by atomic mass is 9.33. The highest BCUT2D eigenvalue weighted by atomic mass is 15.3. The Hall–Kier alpha value is -6.18. The molecule has 0 bridgehead atoms. The molecule has 370 valence electrons. The molecule has 3 aliphatic heterocycles. The molecule has 73 heavy (non-hydrogen) atoms. The summed E-state index contributed by atoms with van der Waals surface area (Å²) >= 11 is 0. The second-order valence-corrected chi connectivity index (χ2v) is 27.2. The van der Waals surface area contributed by atoms with Crippen molar-refractivity contribution in [3.8, 4) is 0 Å². The Morgan fingerprint density at radius 3 is 1.88 bits per heavy atom. The van der Waals surface area contributed by atoms with E-state index in [2.05, 4.69) is 257 Å². The van der Waals surface area contributed by atoms with E-state index in [0.717, 1.165) is 12.0 Å². The number of fused-ring (bicyclic) bond motifs is 8. The molecule has 3 unspecified atom stereocenters. The molecule has 3 atom stereocenters. The van der Waals surface area contributed by atoms with Crippen LogP contribution >= 0.6 is 0 Å². The van der Waals surface area contributed by atoms with Gasteiger partial charge in [-0.15, -0.1) is 0 Å². The molecule has 0 radical (unpaired) electrons. The van der Waals surface area contributed by atoms with Crippen LogP contribution < -0.4 is 31.1 Å². The average molecular weight is 958 g/mol. The number of benzene rings is 6. The van der Waals surface area contributed by atoms with Crippen LogP contribution in [0.1, 0.15) is 169 Å². The van der Waals surface area contributed by atoms with E-state index in [1.54, 1.807) is 0 Å². The number of nitrogens with zero attached hydrogens (tertiary/aromatic N) is 3. The van der Waals surface area contributed by atoms with Crippen LogP contribution in [0.5, 0.6) is 0 Å². The topological polar surface area (TPSA) is 9.72 Å². The van der Waals surface area contributed by atoms with Crippen LogP contribution in [0.4, 0.5) is 45.5 Å². The first-order chi connectivity index (χ1) is 34.4. The minimum atomic E-state index is -0.307. The molecule has 3 heterocycles. The molecule has 6 aromatic rings. The third-order valence-electron chi connectivity index (χ3n) is 20.0. The van der Waals surface area contributed by atoms with Crippen molar-refractivity contribution in [1.29, 1.82) is 0 Å². The highest BCUT2D eigenvalue weighted by molar-refractivity contribution is 7.00. The molecule has 0 amide bonds. The van der Waals surface area contributed by atoms with Crippen molar-refractivity contribution in [3.05, 3.63) is 178 Å². The van der Waals surface area contributed by atoms with Gasteiger partial charge in [-0.3, -0.25) is 0 Å². The van der Waals surface area contributed by atoms with Gasteiger partial charge in [0.25, 0.3) is 6.71 Å². The normalized spacial score (nSPS) is 23.5. The molecule has 1 saturated carbocycles. The highest BCUT2D eigenvalue weighted by Gasteiger charge is 2.70. The summed E-state index contributed by atoms with van der Waals surface area (Å²) in [5.41, 5.74) is 29.7. The standard InChI is InChI=1S/C69H76BN3/c1-44-34-35-65(8,9)52-43-55-59(42-50(44)52)72(56-32-30-46(63(2,3)4)38-51(56)45-24-18-16-19-25-45)61-41-49(40-60-62(61)70(55)54-28-22-23-29-58(54)71(60)48-26-20-17-21-27-48)73-57-33-31-47(64(5,6)7)39-53(57)68(14)66(10,11)36-37-67(12,13)69(68,73)15/h17-18,20-33,38-44H,34-37H2,1-15H3. The summed E-state index contributed by atoms with van der Waals surface area (Å²) in [6, 6.07) is 45.9. The first-order valence-corrected chi connectivity index (χ1v) is 27.5. The van der Waals surface area contributed by atoms with Crippen molar-refractivity contribution >= 4 is 74.2 Å². The monoisotopic (exact) mass is 958 g/mol. The Labute approximate surface area is 438 Å². The molecule has 12 rings (SSSR count). The fraction of sp³-hybridized carbons (Fsp3) is 0.391. The van der Waals surface area contributed by atoms with Gasteiger partial charge in [0, 0.05) is 50.8 Å². The van der Waals surface area contributed by atoms with Crippen LogP contribution in [0, 0.1) is 10.8 Å². The van der Waals surface area contributed by atoms with E-state index in [-0.39, 0.29) is 44.7 Å². The first kappa shape index (κ1) is 47.8. The number of hydrogen-bond donors (Lipinski definition) is 0. The summed E-state index contributed by atoms with van der Waals surface area (Å²) in [6.07, 6.45) is 11.1. The number of hydrogen-bond acceptors (Lipinski definition) is 3. The van der Waals surface area contributed by atoms with Crippen LogP contribution in [0.2, 0.25) is 0 Å². The molecule has 3 aliphatic carbocycles. The third-order valence-corrected chi connectivity index (χ3v) is 20.0. The van der Waals surface area contributed by atoms with Crippen LogP contribution in [0.15, 0.2) is 145 Å². The van der Waals surface area contributed by atoms with Crippen molar-refractivity contribution in [2.75, 3.05) is 14.7 Å². The predicted molar refractivity (Wildman–Crippen MR) is 314 cm³/mol. The zero-order valence-electron chi connectivity index (χ0n) is 46.5. The van der Waals surface area contributed by atoms with E-state index < -0.39 is 0 Å². The molecule has 3 nitrogen and oxygen atoms in total. The van der Waals surface area contributed by atoms with Gasteiger partial charge >= 0.3 is 0 Å². The first-order valence-electron chi connectivity index (χ1n) is 27.5. The molecule has 0 saturated heterocycles. The molecule has 1 fully saturated rings. The summed E-state index contributed by atoms with van der Waals surface area (Å²) < 4.78 is 0. The molecule has 0 N–H and O–H groups in total. The number of para-hydroxylation sites is 2. The lowest BCUT2D eigenvalue weighted by Gasteiger charge is -2.65. The maximum absolute atomic E-state index is 3.37. The number of rotatable bonds is 4. The lowest BCUT2D eigenvalue weighted by Crippen LogP contribution is -2.69. The Morgan fingerprint density at radius 2 is 1.19 bits per heavy atom. The van der Waals surface area contributed by atoms with Gasteiger partial charge in [-0.05, 0) is 188 Å². The quantitative estimate of drug-likeness (QED) is 0.129. The van der Waals surface area contributed by atoms with Gasteiger partial charge in [-0.2, -0.15) is 0 Å². The van der Waals surface area contributed by atoms with E-state index in [9.17, 15) is 0 Å². The minimum Gasteiger partial charge on any atom is -0.334 e.